The highest BCUT2D eigenvalue weighted by Gasteiger charge is 2.42. The number of ether oxygens (including phenoxy) is 3. The zero-order valence-corrected chi connectivity index (χ0v) is 19.4. The highest BCUT2D eigenvalue weighted by Crippen LogP contribution is 2.42. The molecule has 1 saturated heterocycles. The highest BCUT2D eigenvalue weighted by atomic mass is 16.5. The third kappa shape index (κ3) is 4.82. The van der Waals surface area contributed by atoms with Gasteiger partial charge in [0.15, 0.2) is 11.5 Å². The molecule has 1 N–H and O–H groups in total. The molecule has 7 heteroatoms. The van der Waals surface area contributed by atoms with E-state index in [2.05, 4.69) is 5.32 Å². The van der Waals surface area contributed by atoms with Gasteiger partial charge in [0.2, 0.25) is 11.8 Å². The van der Waals surface area contributed by atoms with E-state index in [0.717, 1.165) is 17.7 Å². The van der Waals surface area contributed by atoms with Crippen LogP contribution in [0.15, 0.2) is 42.5 Å². The Morgan fingerprint density at radius 2 is 1.75 bits per heavy atom. The number of benzene rings is 2. The maximum atomic E-state index is 13.3. The predicted molar refractivity (Wildman–Crippen MR) is 123 cm³/mol. The molecule has 7 nitrogen and oxygen atoms in total. The van der Waals surface area contributed by atoms with Gasteiger partial charge in [-0.2, -0.15) is 0 Å². The minimum absolute atomic E-state index is 0.0254. The number of amides is 2. The summed E-state index contributed by atoms with van der Waals surface area (Å²) in [5, 5.41) is 3.10. The van der Waals surface area contributed by atoms with Crippen molar-refractivity contribution >= 4 is 17.5 Å². The number of nitrogens with zero attached hydrogens (tertiary/aromatic N) is 1. The van der Waals surface area contributed by atoms with Crippen LogP contribution in [0, 0.1) is 5.92 Å². The van der Waals surface area contributed by atoms with Crippen LogP contribution in [0.3, 0.4) is 0 Å². The lowest BCUT2D eigenvalue weighted by Gasteiger charge is -2.41. The van der Waals surface area contributed by atoms with E-state index in [1.807, 2.05) is 56.3 Å². The Morgan fingerprint density at radius 3 is 2.34 bits per heavy atom. The van der Waals surface area contributed by atoms with Gasteiger partial charge >= 0.3 is 0 Å². The largest absolute Gasteiger partial charge is 0.497 e. The Labute approximate surface area is 189 Å². The SMILES string of the molecule is CC[C@H](C)NC(=O)[C@H]1CCC(=O)N(c2ccc(OC)cc2)[C@@H]1c1ccc(OC)c(OC)c1. The summed E-state index contributed by atoms with van der Waals surface area (Å²) in [4.78, 5) is 28.2. The van der Waals surface area contributed by atoms with Gasteiger partial charge in [0.25, 0.3) is 0 Å². The van der Waals surface area contributed by atoms with Crippen LogP contribution in [-0.4, -0.2) is 39.2 Å². The summed E-state index contributed by atoms with van der Waals surface area (Å²) in [5.74, 6) is 1.37. The fourth-order valence-corrected chi connectivity index (χ4v) is 4.08. The second-order valence-electron chi connectivity index (χ2n) is 7.98. The van der Waals surface area contributed by atoms with Crippen LogP contribution in [0.5, 0.6) is 17.2 Å². The van der Waals surface area contributed by atoms with Crippen molar-refractivity contribution < 1.29 is 23.8 Å². The number of anilines is 1. The van der Waals surface area contributed by atoms with Crippen LogP contribution < -0.4 is 24.4 Å². The molecule has 1 aliphatic heterocycles. The molecule has 0 aromatic heterocycles. The predicted octanol–water partition coefficient (Wildman–Crippen LogP) is 4.11. The van der Waals surface area contributed by atoms with Crippen molar-refractivity contribution in [3.05, 3.63) is 48.0 Å². The van der Waals surface area contributed by atoms with Gasteiger partial charge < -0.3 is 24.4 Å². The topological polar surface area (TPSA) is 77.1 Å². The minimum Gasteiger partial charge on any atom is -0.497 e. The number of hydrogen-bond acceptors (Lipinski definition) is 5. The van der Waals surface area contributed by atoms with Crippen molar-refractivity contribution in [2.75, 3.05) is 26.2 Å². The van der Waals surface area contributed by atoms with E-state index in [4.69, 9.17) is 14.2 Å². The molecular formula is C25H32N2O5. The monoisotopic (exact) mass is 440 g/mol. The molecule has 2 aromatic carbocycles. The van der Waals surface area contributed by atoms with Crippen LogP contribution in [0.4, 0.5) is 5.69 Å². The number of carbonyl (C=O) groups is 2. The van der Waals surface area contributed by atoms with Crippen molar-refractivity contribution in [1.29, 1.82) is 0 Å². The van der Waals surface area contributed by atoms with Gasteiger partial charge in [0.1, 0.15) is 5.75 Å². The molecule has 1 fully saturated rings. The lowest BCUT2D eigenvalue weighted by molar-refractivity contribution is -0.129. The van der Waals surface area contributed by atoms with Crippen molar-refractivity contribution in [3.8, 4) is 17.2 Å². The Bertz CT molecular complexity index is 944. The minimum atomic E-state index is -0.478. The molecule has 0 unspecified atom stereocenters. The number of piperidine rings is 1. The normalized spacial score (nSPS) is 19.3. The quantitative estimate of drug-likeness (QED) is 0.668. The van der Waals surface area contributed by atoms with E-state index in [1.165, 1.54) is 0 Å². The fraction of sp³-hybridized carbons (Fsp3) is 0.440. The summed E-state index contributed by atoms with van der Waals surface area (Å²) >= 11 is 0. The van der Waals surface area contributed by atoms with E-state index >= 15 is 0 Å². The zero-order chi connectivity index (χ0) is 23.3. The van der Waals surface area contributed by atoms with E-state index in [1.54, 1.807) is 26.2 Å². The molecule has 0 saturated carbocycles. The molecule has 3 rings (SSSR count). The lowest BCUT2D eigenvalue weighted by Crippen LogP contribution is -2.49. The Morgan fingerprint density at radius 1 is 1.06 bits per heavy atom. The highest BCUT2D eigenvalue weighted by molar-refractivity contribution is 5.97. The third-order valence-corrected chi connectivity index (χ3v) is 6.03. The average Bonchev–Trinajstić information content (AvgIpc) is 2.83. The van der Waals surface area contributed by atoms with Crippen LogP contribution in [0.25, 0.3) is 0 Å². The summed E-state index contributed by atoms with van der Waals surface area (Å²) in [6, 6.07) is 12.5. The van der Waals surface area contributed by atoms with Crippen LogP contribution in [0.2, 0.25) is 0 Å². The third-order valence-electron chi connectivity index (χ3n) is 6.03. The van der Waals surface area contributed by atoms with E-state index in [9.17, 15) is 9.59 Å². The number of methoxy groups -OCH3 is 3. The lowest BCUT2D eigenvalue weighted by atomic mass is 9.82. The molecule has 32 heavy (non-hydrogen) atoms. The summed E-state index contributed by atoms with van der Waals surface area (Å²) in [5.41, 5.74) is 1.53. The molecule has 1 aliphatic rings. The maximum absolute atomic E-state index is 13.3. The van der Waals surface area contributed by atoms with Gasteiger partial charge in [-0.15, -0.1) is 0 Å². The van der Waals surface area contributed by atoms with Crippen molar-refractivity contribution in [1.82, 2.24) is 5.32 Å². The summed E-state index contributed by atoms with van der Waals surface area (Å²) in [7, 11) is 4.75. The summed E-state index contributed by atoms with van der Waals surface area (Å²) < 4.78 is 16.1. The van der Waals surface area contributed by atoms with E-state index < -0.39 is 12.0 Å². The first-order valence-electron chi connectivity index (χ1n) is 10.9. The number of rotatable bonds is 8. The molecule has 0 spiro atoms. The first-order valence-corrected chi connectivity index (χ1v) is 10.9. The standard InChI is InChI=1S/C25H32N2O5/c1-6-16(2)26-25(29)20-12-14-23(28)27(18-8-10-19(30-3)11-9-18)24(20)17-7-13-21(31-4)22(15-17)32-5/h7-11,13,15-16,20,24H,6,12,14H2,1-5H3,(H,26,29)/t16-,20-,24+/m0/s1. The van der Waals surface area contributed by atoms with Gasteiger partial charge in [0, 0.05) is 18.2 Å². The first kappa shape index (κ1) is 23.4. The van der Waals surface area contributed by atoms with Crippen LogP contribution in [0.1, 0.15) is 44.7 Å². The number of carbonyl (C=O) groups excluding carboxylic acids is 2. The summed E-state index contributed by atoms with van der Waals surface area (Å²) in [6.07, 6.45) is 1.61. The molecule has 1 heterocycles. The molecule has 172 valence electrons. The second-order valence-corrected chi connectivity index (χ2v) is 7.98. The summed E-state index contributed by atoms with van der Waals surface area (Å²) in [6.45, 7) is 4.02. The number of hydrogen-bond donors (Lipinski definition) is 1. The van der Waals surface area contributed by atoms with Gasteiger partial charge in [-0.3, -0.25) is 9.59 Å². The van der Waals surface area contributed by atoms with E-state index in [0.29, 0.717) is 30.1 Å². The molecule has 0 radical (unpaired) electrons. The Hall–Kier alpha value is -3.22. The van der Waals surface area contributed by atoms with Gasteiger partial charge in [-0.1, -0.05) is 13.0 Å². The number of nitrogens with one attached hydrogen (secondary N) is 1. The van der Waals surface area contributed by atoms with Gasteiger partial charge in [-0.25, -0.2) is 0 Å². The molecule has 0 bridgehead atoms. The molecule has 0 aliphatic carbocycles. The first-order chi connectivity index (χ1) is 15.4. The fourth-order valence-electron chi connectivity index (χ4n) is 4.08. The zero-order valence-electron chi connectivity index (χ0n) is 19.4. The van der Waals surface area contributed by atoms with Gasteiger partial charge in [-0.05, 0) is 61.7 Å². The Kier molecular flexibility index (Phi) is 7.62. The van der Waals surface area contributed by atoms with Crippen molar-refractivity contribution in [3.63, 3.8) is 0 Å². The second kappa shape index (κ2) is 10.4. The smallest absolute Gasteiger partial charge is 0.227 e. The average molecular weight is 441 g/mol. The van der Waals surface area contributed by atoms with Crippen molar-refractivity contribution in [2.24, 2.45) is 5.92 Å². The molecule has 2 aromatic rings. The van der Waals surface area contributed by atoms with Crippen molar-refractivity contribution in [2.45, 2.75) is 45.2 Å². The van der Waals surface area contributed by atoms with E-state index in [-0.39, 0.29) is 17.9 Å². The molecule has 2 amide bonds. The van der Waals surface area contributed by atoms with Gasteiger partial charge in [0.05, 0.1) is 33.3 Å². The maximum Gasteiger partial charge on any atom is 0.227 e. The molecule has 3 atom stereocenters. The van der Waals surface area contributed by atoms with Crippen LogP contribution in [-0.2, 0) is 9.59 Å². The van der Waals surface area contributed by atoms with Crippen LogP contribution >= 0.6 is 0 Å². The Balaban J connectivity index is 2.09. The molecular weight excluding hydrogens is 408 g/mol.